The lowest BCUT2D eigenvalue weighted by molar-refractivity contribution is -0.127. The highest BCUT2D eigenvalue weighted by molar-refractivity contribution is 6.30. The summed E-state index contributed by atoms with van der Waals surface area (Å²) >= 11 is 6.06. The molecule has 0 spiro atoms. The van der Waals surface area contributed by atoms with Gasteiger partial charge in [0, 0.05) is 36.5 Å². The Bertz CT molecular complexity index is 786. The zero-order valence-corrected chi connectivity index (χ0v) is 15.2. The maximum Gasteiger partial charge on any atom is 0.227 e. The van der Waals surface area contributed by atoms with Gasteiger partial charge in [-0.15, -0.1) is 0 Å². The largest absolute Gasteiger partial charge is 0.492 e. The lowest BCUT2D eigenvalue weighted by atomic mass is 9.95. The first-order chi connectivity index (χ1) is 12.7. The van der Waals surface area contributed by atoms with Crippen molar-refractivity contribution >= 4 is 23.5 Å². The molecule has 1 N–H and O–H groups in total. The Morgan fingerprint density at radius 3 is 3.00 bits per heavy atom. The number of aromatic nitrogens is 2. The highest BCUT2D eigenvalue weighted by Gasteiger charge is 2.29. The van der Waals surface area contributed by atoms with E-state index < -0.39 is 0 Å². The minimum absolute atomic E-state index is 0.0384. The van der Waals surface area contributed by atoms with E-state index in [9.17, 15) is 4.79 Å². The summed E-state index contributed by atoms with van der Waals surface area (Å²) in [5.41, 5.74) is 0.992. The van der Waals surface area contributed by atoms with E-state index in [-0.39, 0.29) is 17.9 Å². The van der Waals surface area contributed by atoms with Gasteiger partial charge in [0.2, 0.25) is 11.9 Å². The molecule has 0 unspecified atom stereocenters. The number of carbonyl (C=O) groups excluding carboxylic acids is 1. The Morgan fingerprint density at radius 1 is 1.31 bits per heavy atom. The van der Waals surface area contributed by atoms with Crippen LogP contribution in [0.5, 0.6) is 5.75 Å². The van der Waals surface area contributed by atoms with Crippen LogP contribution in [-0.2, 0) is 11.2 Å². The van der Waals surface area contributed by atoms with Gasteiger partial charge in [0.15, 0.2) is 0 Å². The van der Waals surface area contributed by atoms with Gasteiger partial charge in [-0.2, -0.15) is 0 Å². The van der Waals surface area contributed by atoms with Crippen LogP contribution in [0.1, 0.15) is 18.4 Å². The van der Waals surface area contributed by atoms with E-state index in [1.807, 2.05) is 18.2 Å². The topological polar surface area (TPSA) is 67.4 Å². The van der Waals surface area contributed by atoms with Crippen molar-refractivity contribution in [2.75, 3.05) is 24.6 Å². The number of nitrogens with zero attached hydrogens (tertiary/aromatic N) is 3. The molecule has 0 radical (unpaired) electrons. The first-order valence-electron chi connectivity index (χ1n) is 8.92. The third-order valence-electron chi connectivity index (χ3n) is 4.90. The highest BCUT2D eigenvalue weighted by atomic mass is 35.5. The zero-order valence-electron chi connectivity index (χ0n) is 14.4. The first-order valence-corrected chi connectivity index (χ1v) is 9.30. The fourth-order valence-electron chi connectivity index (χ4n) is 3.58. The summed E-state index contributed by atoms with van der Waals surface area (Å²) in [4.78, 5) is 23.5. The van der Waals surface area contributed by atoms with Crippen molar-refractivity contribution in [1.82, 2.24) is 15.3 Å². The van der Waals surface area contributed by atoms with Crippen LogP contribution in [-0.4, -0.2) is 41.6 Å². The van der Waals surface area contributed by atoms with Gasteiger partial charge in [-0.05, 0) is 49.1 Å². The van der Waals surface area contributed by atoms with Gasteiger partial charge in [-0.3, -0.25) is 4.79 Å². The molecule has 6 nitrogen and oxygen atoms in total. The number of carbonyl (C=O) groups is 1. The van der Waals surface area contributed by atoms with E-state index in [1.165, 1.54) is 0 Å². The van der Waals surface area contributed by atoms with Crippen molar-refractivity contribution in [3.05, 3.63) is 47.2 Å². The van der Waals surface area contributed by atoms with Crippen molar-refractivity contribution in [2.24, 2.45) is 5.92 Å². The smallest absolute Gasteiger partial charge is 0.227 e. The molecular formula is C19H21ClN4O2. The van der Waals surface area contributed by atoms with Crippen LogP contribution in [0.3, 0.4) is 0 Å². The second-order valence-corrected chi connectivity index (χ2v) is 7.24. The average molecular weight is 373 g/mol. The van der Waals surface area contributed by atoms with Crippen LogP contribution < -0.4 is 15.0 Å². The molecule has 1 aromatic heterocycles. The summed E-state index contributed by atoms with van der Waals surface area (Å²) in [5, 5.41) is 3.85. The van der Waals surface area contributed by atoms with Crippen LogP contribution in [0.15, 0.2) is 36.7 Å². The van der Waals surface area contributed by atoms with Crippen LogP contribution >= 0.6 is 11.6 Å². The van der Waals surface area contributed by atoms with Gasteiger partial charge in [0.1, 0.15) is 12.4 Å². The van der Waals surface area contributed by atoms with Crippen LogP contribution in [0.2, 0.25) is 5.02 Å². The van der Waals surface area contributed by atoms with Crippen molar-refractivity contribution in [3.8, 4) is 5.75 Å². The quantitative estimate of drug-likeness (QED) is 0.896. The Morgan fingerprint density at radius 2 is 2.15 bits per heavy atom. The molecule has 26 heavy (non-hydrogen) atoms. The Labute approximate surface area is 157 Å². The number of halogens is 1. The SMILES string of the molecule is O=C(N[C@H]1CCCN(c2ncccn2)C1)[C@@H]1COc2ccc(Cl)cc2C1. The number of piperidine rings is 1. The number of anilines is 1. The second-order valence-electron chi connectivity index (χ2n) is 6.81. The number of fused-ring (bicyclic) bond motifs is 1. The number of nitrogens with one attached hydrogen (secondary N) is 1. The molecule has 0 saturated carbocycles. The average Bonchev–Trinajstić information content (AvgIpc) is 2.68. The molecule has 1 fully saturated rings. The first kappa shape index (κ1) is 17.1. The standard InChI is InChI=1S/C19H21ClN4O2/c20-15-4-5-17-13(10-15)9-14(12-26-17)18(25)23-16-3-1-8-24(11-16)19-21-6-2-7-22-19/h2,4-7,10,14,16H,1,3,8-9,11-12H2,(H,23,25)/t14-,16-/m0/s1. The third-order valence-corrected chi connectivity index (χ3v) is 5.14. The molecule has 1 amide bonds. The molecule has 2 aliphatic heterocycles. The summed E-state index contributed by atoms with van der Waals surface area (Å²) in [5.74, 6) is 1.39. The predicted molar refractivity (Wildman–Crippen MR) is 99.6 cm³/mol. The van der Waals surface area contributed by atoms with E-state index in [1.54, 1.807) is 18.5 Å². The van der Waals surface area contributed by atoms with Crippen LogP contribution in [0.4, 0.5) is 5.95 Å². The number of amides is 1. The fourth-order valence-corrected chi connectivity index (χ4v) is 3.78. The van der Waals surface area contributed by atoms with E-state index in [0.29, 0.717) is 18.1 Å². The van der Waals surface area contributed by atoms with E-state index in [4.69, 9.17) is 16.3 Å². The summed E-state index contributed by atoms with van der Waals surface area (Å²) in [6.45, 7) is 2.04. The molecule has 1 aromatic carbocycles. The molecule has 136 valence electrons. The van der Waals surface area contributed by atoms with Gasteiger partial charge in [0.25, 0.3) is 0 Å². The van der Waals surface area contributed by atoms with Gasteiger partial charge >= 0.3 is 0 Å². The van der Waals surface area contributed by atoms with Gasteiger partial charge in [-0.1, -0.05) is 11.6 Å². The van der Waals surface area contributed by atoms with Crippen molar-refractivity contribution in [2.45, 2.75) is 25.3 Å². The second kappa shape index (κ2) is 7.50. The van der Waals surface area contributed by atoms with Gasteiger partial charge in [0.05, 0.1) is 5.92 Å². The zero-order chi connectivity index (χ0) is 17.9. The minimum Gasteiger partial charge on any atom is -0.492 e. The lowest BCUT2D eigenvalue weighted by Gasteiger charge is -2.34. The maximum absolute atomic E-state index is 12.7. The number of rotatable bonds is 3. The Balaban J connectivity index is 1.37. The molecule has 2 atom stereocenters. The fraction of sp³-hybridized carbons (Fsp3) is 0.421. The predicted octanol–water partition coefficient (Wildman–Crippen LogP) is 2.47. The Hall–Kier alpha value is -2.34. The van der Waals surface area contributed by atoms with Gasteiger partial charge < -0.3 is 15.0 Å². The molecule has 4 rings (SSSR count). The Kier molecular flexibility index (Phi) is 4.93. The third kappa shape index (κ3) is 3.75. The summed E-state index contributed by atoms with van der Waals surface area (Å²) in [6.07, 6.45) is 6.10. The van der Waals surface area contributed by atoms with Crippen LogP contribution in [0.25, 0.3) is 0 Å². The summed E-state index contributed by atoms with van der Waals surface area (Å²) in [7, 11) is 0. The van der Waals surface area contributed by atoms with Gasteiger partial charge in [-0.25, -0.2) is 9.97 Å². The number of hydrogen-bond acceptors (Lipinski definition) is 5. The van der Waals surface area contributed by atoms with Crippen molar-refractivity contribution in [1.29, 1.82) is 0 Å². The van der Waals surface area contributed by atoms with Crippen LogP contribution in [0, 0.1) is 5.92 Å². The molecule has 0 bridgehead atoms. The molecule has 0 aliphatic carbocycles. The molecule has 3 heterocycles. The van der Waals surface area contributed by atoms with E-state index in [0.717, 1.165) is 43.2 Å². The normalized spacial score (nSPS) is 22.3. The monoisotopic (exact) mass is 372 g/mol. The van der Waals surface area contributed by atoms with Crippen molar-refractivity contribution < 1.29 is 9.53 Å². The minimum atomic E-state index is -0.190. The molecule has 2 aromatic rings. The molecule has 2 aliphatic rings. The van der Waals surface area contributed by atoms with E-state index in [2.05, 4.69) is 20.2 Å². The summed E-state index contributed by atoms with van der Waals surface area (Å²) < 4.78 is 5.74. The molecular weight excluding hydrogens is 352 g/mol. The number of hydrogen-bond donors (Lipinski definition) is 1. The number of ether oxygens (including phenoxy) is 1. The molecule has 7 heteroatoms. The lowest BCUT2D eigenvalue weighted by Crippen LogP contribution is -2.50. The molecule has 1 saturated heterocycles. The van der Waals surface area contributed by atoms with E-state index >= 15 is 0 Å². The highest BCUT2D eigenvalue weighted by Crippen LogP contribution is 2.30. The maximum atomic E-state index is 12.7. The van der Waals surface area contributed by atoms with Crippen molar-refractivity contribution in [3.63, 3.8) is 0 Å². The summed E-state index contributed by atoms with van der Waals surface area (Å²) in [6, 6.07) is 7.46. The number of benzene rings is 1.